The molecule has 0 aliphatic heterocycles. The van der Waals surface area contributed by atoms with Crippen molar-refractivity contribution in [3.63, 3.8) is 0 Å². The molecule has 180 valence electrons. The zero-order valence-electron chi connectivity index (χ0n) is 19.4. The number of hydrogen-bond acceptors (Lipinski definition) is 6. The Morgan fingerprint density at radius 1 is 0.912 bits per heavy atom. The predicted molar refractivity (Wildman–Crippen MR) is 130 cm³/mol. The molecule has 0 aliphatic rings. The van der Waals surface area contributed by atoms with Crippen molar-refractivity contribution in [1.29, 1.82) is 0 Å². The number of anilines is 1. The molecule has 0 heterocycles. The molecule has 3 aromatic carbocycles. The molecule has 0 spiro atoms. The number of amides is 1. The summed E-state index contributed by atoms with van der Waals surface area (Å²) in [6.45, 7) is 2.28. The van der Waals surface area contributed by atoms with E-state index in [1.807, 2.05) is 31.2 Å². The molecule has 1 amide bonds. The van der Waals surface area contributed by atoms with E-state index < -0.39 is 22.5 Å². The average Bonchev–Trinajstić information content (AvgIpc) is 2.87. The minimum atomic E-state index is -4.06. The van der Waals surface area contributed by atoms with Crippen LogP contribution in [0.3, 0.4) is 0 Å². The Morgan fingerprint density at radius 2 is 1.59 bits per heavy atom. The van der Waals surface area contributed by atoms with Gasteiger partial charge in [-0.25, -0.2) is 8.42 Å². The van der Waals surface area contributed by atoms with E-state index in [0.717, 1.165) is 15.6 Å². The number of carbonyl (C=O) groups excluding carboxylic acids is 1. The van der Waals surface area contributed by atoms with Gasteiger partial charge < -0.3 is 19.5 Å². The Balaban J connectivity index is 1.86. The number of ether oxygens (including phenoxy) is 3. The molecular formula is C25H28N2O6S. The van der Waals surface area contributed by atoms with Crippen LogP contribution in [-0.2, 0) is 21.4 Å². The van der Waals surface area contributed by atoms with Gasteiger partial charge in [-0.3, -0.25) is 9.10 Å². The molecule has 0 fully saturated rings. The molecule has 0 radical (unpaired) electrons. The molecule has 0 aromatic heterocycles. The Labute approximate surface area is 200 Å². The molecular weight excluding hydrogens is 456 g/mol. The van der Waals surface area contributed by atoms with Gasteiger partial charge in [0.15, 0.2) is 0 Å². The van der Waals surface area contributed by atoms with E-state index >= 15 is 0 Å². The number of nitrogens with one attached hydrogen (secondary N) is 1. The second-order valence-electron chi connectivity index (χ2n) is 7.22. The number of rotatable bonds is 11. The Morgan fingerprint density at radius 3 is 2.21 bits per heavy atom. The fourth-order valence-corrected chi connectivity index (χ4v) is 4.72. The third kappa shape index (κ3) is 5.99. The van der Waals surface area contributed by atoms with Crippen LogP contribution in [0.2, 0.25) is 0 Å². The maximum atomic E-state index is 13.5. The molecule has 8 nitrogen and oxygen atoms in total. The van der Waals surface area contributed by atoms with Gasteiger partial charge in [0.25, 0.3) is 10.0 Å². The largest absolute Gasteiger partial charge is 0.497 e. The van der Waals surface area contributed by atoms with E-state index in [1.54, 1.807) is 36.4 Å². The molecule has 0 saturated heterocycles. The lowest BCUT2D eigenvalue weighted by molar-refractivity contribution is -0.119. The number of carbonyl (C=O) groups is 1. The van der Waals surface area contributed by atoms with E-state index in [1.165, 1.54) is 26.4 Å². The lowest BCUT2D eigenvalue weighted by Gasteiger charge is -2.26. The first kappa shape index (κ1) is 24.9. The quantitative estimate of drug-likeness (QED) is 0.447. The monoisotopic (exact) mass is 484 g/mol. The Bertz CT molecular complexity index is 1200. The first-order valence-electron chi connectivity index (χ1n) is 10.7. The molecule has 0 atom stereocenters. The maximum Gasteiger partial charge on any atom is 0.264 e. The van der Waals surface area contributed by atoms with Gasteiger partial charge in [-0.05, 0) is 48.9 Å². The molecule has 3 rings (SSSR count). The van der Waals surface area contributed by atoms with E-state index in [0.29, 0.717) is 12.4 Å². The van der Waals surface area contributed by atoms with Crippen LogP contribution in [0.1, 0.15) is 12.5 Å². The lowest BCUT2D eigenvalue weighted by atomic mass is 10.2. The van der Waals surface area contributed by atoms with Gasteiger partial charge in [0.05, 0.1) is 31.4 Å². The van der Waals surface area contributed by atoms with E-state index in [-0.39, 0.29) is 22.9 Å². The molecule has 0 bridgehead atoms. The first-order chi connectivity index (χ1) is 16.4. The van der Waals surface area contributed by atoms with Gasteiger partial charge >= 0.3 is 0 Å². The topological polar surface area (TPSA) is 94.2 Å². The molecule has 9 heteroatoms. The summed E-state index contributed by atoms with van der Waals surface area (Å²) < 4.78 is 44.1. The molecule has 0 unspecified atom stereocenters. The minimum Gasteiger partial charge on any atom is -0.497 e. The highest BCUT2D eigenvalue weighted by Gasteiger charge is 2.29. The van der Waals surface area contributed by atoms with Crippen LogP contribution in [0, 0.1) is 0 Å². The Hall–Kier alpha value is -3.72. The summed E-state index contributed by atoms with van der Waals surface area (Å²) in [7, 11) is -1.13. The van der Waals surface area contributed by atoms with Gasteiger partial charge in [0.2, 0.25) is 5.91 Å². The van der Waals surface area contributed by atoms with Gasteiger partial charge in [0, 0.05) is 12.6 Å². The van der Waals surface area contributed by atoms with Crippen molar-refractivity contribution in [3.05, 3.63) is 78.4 Å². The molecule has 34 heavy (non-hydrogen) atoms. The van der Waals surface area contributed by atoms with Crippen LogP contribution in [0.5, 0.6) is 17.2 Å². The van der Waals surface area contributed by atoms with Crippen LogP contribution in [0.15, 0.2) is 77.7 Å². The molecule has 3 aromatic rings. The van der Waals surface area contributed by atoms with Crippen molar-refractivity contribution in [2.24, 2.45) is 0 Å². The van der Waals surface area contributed by atoms with Crippen LogP contribution in [-0.4, -0.2) is 41.7 Å². The zero-order valence-corrected chi connectivity index (χ0v) is 20.2. The SMILES string of the molecule is CCOc1ccc(CNC(=O)CN(c2ccc(OC)cc2OC)S(=O)(=O)c2ccccc2)cc1. The fourth-order valence-electron chi connectivity index (χ4n) is 3.27. The third-order valence-corrected chi connectivity index (χ3v) is 6.77. The van der Waals surface area contributed by atoms with Crippen LogP contribution in [0.25, 0.3) is 0 Å². The second kappa shape index (κ2) is 11.4. The summed E-state index contributed by atoms with van der Waals surface area (Å²) in [6, 6.07) is 20.0. The van der Waals surface area contributed by atoms with E-state index in [4.69, 9.17) is 14.2 Å². The van der Waals surface area contributed by atoms with Crippen molar-refractivity contribution in [2.75, 3.05) is 31.7 Å². The van der Waals surface area contributed by atoms with Gasteiger partial charge in [-0.2, -0.15) is 0 Å². The van der Waals surface area contributed by atoms with Crippen molar-refractivity contribution < 1.29 is 27.4 Å². The summed E-state index contributed by atoms with van der Waals surface area (Å²) in [5.41, 5.74) is 1.08. The number of hydrogen-bond donors (Lipinski definition) is 1. The van der Waals surface area contributed by atoms with E-state index in [2.05, 4.69) is 5.32 Å². The van der Waals surface area contributed by atoms with Crippen LogP contribution < -0.4 is 23.8 Å². The highest BCUT2D eigenvalue weighted by atomic mass is 32.2. The number of sulfonamides is 1. The van der Waals surface area contributed by atoms with Crippen molar-refractivity contribution >= 4 is 21.6 Å². The third-order valence-electron chi connectivity index (χ3n) is 5.00. The lowest BCUT2D eigenvalue weighted by Crippen LogP contribution is -2.40. The van der Waals surface area contributed by atoms with E-state index in [9.17, 15) is 13.2 Å². The average molecular weight is 485 g/mol. The summed E-state index contributed by atoms with van der Waals surface area (Å²) in [5.74, 6) is 1.03. The fraction of sp³-hybridized carbons (Fsp3) is 0.240. The summed E-state index contributed by atoms with van der Waals surface area (Å²) in [4.78, 5) is 12.9. The van der Waals surface area contributed by atoms with Crippen LogP contribution in [0.4, 0.5) is 5.69 Å². The second-order valence-corrected chi connectivity index (χ2v) is 9.08. The summed E-state index contributed by atoms with van der Waals surface area (Å²) >= 11 is 0. The normalized spacial score (nSPS) is 10.9. The highest BCUT2D eigenvalue weighted by Crippen LogP contribution is 2.35. The standard InChI is InChI=1S/C25H28N2O6S/c1-4-33-20-12-10-19(11-13-20)17-26-25(28)18-27(34(29,30)22-8-6-5-7-9-22)23-15-14-21(31-2)16-24(23)32-3/h5-16H,4,17-18H2,1-3H3,(H,26,28). The maximum absolute atomic E-state index is 13.5. The number of benzene rings is 3. The van der Waals surface area contributed by atoms with Gasteiger partial charge in [-0.15, -0.1) is 0 Å². The van der Waals surface area contributed by atoms with Crippen molar-refractivity contribution in [1.82, 2.24) is 5.32 Å². The predicted octanol–water partition coefficient (Wildman–Crippen LogP) is 3.61. The Kier molecular flexibility index (Phi) is 8.37. The summed E-state index contributed by atoms with van der Waals surface area (Å²) in [6.07, 6.45) is 0. The highest BCUT2D eigenvalue weighted by molar-refractivity contribution is 7.92. The summed E-state index contributed by atoms with van der Waals surface area (Å²) in [5, 5.41) is 2.78. The van der Waals surface area contributed by atoms with Crippen LogP contribution >= 0.6 is 0 Å². The molecule has 0 aliphatic carbocycles. The first-order valence-corrected chi connectivity index (χ1v) is 12.1. The van der Waals surface area contributed by atoms with Crippen molar-refractivity contribution in [3.8, 4) is 17.2 Å². The smallest absolute Gasteiger partial charge is 0.264 e. The zero-order chi connectivity index (χ0) is 24.6. The van der Waals surface area contributed by atoms with Gasteiger partial charge in [-0.1, -0.05) is 30.3 Å². The minimum absolute atomic E-state index is 0.0622. The number of methoxy groups -OCH3 is 2. The molecule has 1 N–H and O–H groups in total. The number of nitrogens with zero attached hydrogens (tertiary/aromatic N) is 1. The van der Waals surface area contributed by atoms with Crippen molar-refractivity contribution in [2.45, 2.75) is 18.4 Å². The van der Waals surface area contributed by atoms with Gasteiger partial charge in [0.1, 0.15) is 23.8 Å². The molecule has 0 saturated carbocycles.